The van der Waals surface area contributed by atoms with Gasteiger partial charge in [-0.2, -0.15) is 4.31 Å². The third-order valence-electron chi connectivity index (χ3n) is 4.31. The van der Waals surface area contributed by atoms with Crippen LogP contribution in [0.15, 0.2) is 29.2 Å². The van der Waals surface area contributed by atoms with Gasteiger partial charge in [0.15, 0.2) is 0 Å². The lowest BCUT2D eigenvalue weighted by Gasteiger charge is -2.44. The summed E-state index contributed by atoms with van der Waals surface area (Å²) in [5.41, 5.74) is 0. The van der Waals surface area contributed by atoms with Crippen LogP contribution in [0.1, 0.15) is 13.8 Å². The molecule has 1 aliphatic heterocycles. The molecule has 2 rings (SSSR count). The Morgan fingerprint density at radius 2 is 1.83 bits per heavy atom. The van der Waals surface area contributed by atoms with Gasteiger partial charge in [-0.1, -0.05) is 17.7 Å². The zero-order valence-electron chi connectivity index (χ0n) is 14.2. The largest absolute Gasteiger partial charge is 0.308 e. The number of piperazine rings is 1. The first-order valence-corrected chi connectivity index (χ1v) is 9.70. The zero-order chi connectivity index (χ0) is 17.2. The molecule has 130 valence electrons. The summed E-state index contributed by atoms with van der Waals surface area (Å²) in [6.45, 7) is 7.10. The van der Waals surface area contributed by atoms with Crippen molar-refractivity contribution in [3.8, 4) is 0 Å². The Kier molecular flexibility index (Phi) is 6.08. The van der Waals surface area contributed by atoms with Gasteiger partial charge in [-0.15, -0.1) is 0 Å². The molecule has 0 aromatic heterocycles. The summed E-state index contributed by atoms with van der Waals surface area (Å²) in [6, 6.07) is 6.86. The fourth-order valence-corrected chi connectivity index (χ4v) is 4.94. The number of halogens is 1. The van der Waals surface area contributed by atoms with Crippen LogP contribution in [-0.2, 0) is 10.0 Å². The highest BCUT2D eigenvalue weighted by molar-refractivity contribution is 7.89. The maximum atomic E-state index is 12.8. The van der Waals surface area contributed by atoms with E-state index in [0.29, 0.717) is 18.1 Å². The lowest BCUT2D eigenvalue weighted by Crippen LogP contribution is -2.58. The first-order valence-electron chi connectivity index (χ1n) is 7.88. The zero-order valence-corrected chi connectivity index (χ0v) is 15.8. The highest BCUT2D eigenvalue weighted by atomic mass is 35.5. The Labute approximate surface area is 144 Å². The van der Waals surface area contributed by atoms with E-state index in [2.05, 4.69) is 37.7 Å². The summed E-state index contributed by atoms with van der Waals surface area (Å²) >= 11 is 5.95. The average Bonchev–Trinajstić information content (AvgIpc) is 2.45. The van der Waals surface area contributed by atoms with Crippen LogP contribution in [0, 0.1) is 0 Å². The van der Waals surface area contributed by atoms with Gasteiger partial charge >= 0.3 is 0 Å². The maximum Gasteiger partial charge on any atom is 0.243 e. The third-order valence-corrected chi connectivity index (χ3v) is 6.37. The molecule has 1 saturated heterocycles. The maximum absolute atomic E-state index is 12.8. The van der Waals surface area contributed by atoms with Crippen LogP contribution in [-0.4, -0.2) is 74.9 Å². The van der Waals surface area contributed by atoms with Crippen molar-refractivity contribution in [2.75, 3.05) is 40.3 Å². The molecule has 23 heavy (non-hydrogen) atoms. The topological polar surface area (TPSA) is 43.9 Å². The Hall–Kier alpha value is -0.660. The Morgan fingerprint density at radius 3 is 2.35 bits per heavy atom. The number of benzene rings is 1. The standard InChI is InChI=1S/C16H26ClN3O2S/c1-13-11-19(12-14(2)20(13)9-8-18(3)4)23(21,22)16-7-5-6-15(17)10-16/h5-7,10,13-14H,8-9,11-12H2,1-4H3. The van der Waals surface area contributed by atoms with Crippen LogP contribution < -0.4 is 0 Å². The van der Waals surface area contributed by atoms with E-state index in [1.165, 1.54) is 6.07 Å². The highest BCUT2D eigenvalue weighted by Crippen LogP contribution is 2.24. The fourth-order valence-electron chi connectivity index (χ4n) is 3.04. The van der Waals surface area contributed by atoms with Gasteiger partial charge in [0.2, 0.25) is 10.0 Å². The fraction of sp³-hybridized carbons (Fsp3) is 0.625. The van der Waals surface area contributed by atoms with Gasteiger partial charge < -0.3 is 4.90 Å². The molecule has 1 aromatic rings. The van der Waals surface area contributed by atoms with Gasteiger partial charge in [-0.05, 0) is 46.1 Å². The quantitative estimate of drug-likeness (QED) is 0.806. The lowest BCUT2D eigenvalue weighted by molar-refractivity contribution is 0.0708. The molecule has 1 aromatic carbocycles. The van der Waals surface area contributed by atoms with Crippen molar-refractivity contribution < 1.29 is 8.42 Å². The van der Waals surface area contributed by atoms with E-state index in [0.717, 1.165) is 13.1 Å². The van der Waals surface area contributed by atoms with E-state index in [1.54, 1.807) is 22.5 Å². The van der Waals surface area contributed by atoms with E-state index >= 15 is 0 Å². The number of hydrogen-bond acceptors (Lipinski definition) is 4. The predicted molar refractivity (Wildman–Crippen MR) is 94.4 cm³/mol. The Bertz CT molecular complexity index is 624. The van der Waals surface area contributed by atoms with Crippen molar-refractivity contribution in [1.82, 2.24) is 14.1 Å². The minimum atomic E-state index is -3.49. The van der Waals surface area contributed by atoms with E-state index in [4.69, 9.17) is 11.6 Å². The van der Waals surface area contributed by atoms with Gasteiger partial charge in [0.05, 0.1) is 4.90 Å². The van der Waals surface area contributed by atoms with Crippen LogP contribution in [0.25, 0.3) is 0 Å². The predicted octanol–water partition coefficient (Wildman–Crippen LogP) is 1.98. The number of rotatable bonds is 5. The Morgan fingerprint density at radius 1 is 1.22 bits per heavy atom. The molecule has 5 nitrogen and oxygen atoms in total. The molecule has 0 N–H and O–H groups in total. The van der Waals surface area contributed by atoms with Crippen molar-refractivity contribution in [2.45, 2.75) is 30.8 Å². The molecule has 1 heterocycles. The molecule has 0 aliphatic carbocycles. The SMILES string of the molecule is CC1CN(S(=O)(=O)c2cccc(Cl)c2)CC(C)N1CCN(C)C. The smallest absolute Gasteiger partial charge is 0.243 e. The van der Waals surface area contributed by atoms with E-state index in [-0.39, 0.29) is 17.0 Å². The minimum absolute atomic E-state index is 0.188. The van der Waals surface area contributed by atoms with Gasteiger partial charge in [0, 0.05) is 43.3 Å². The molecule has 0 bridgehead atoms. The molecule has 0 amide bonds. The summed E-state index contributed by atoms with van der Waals surface area (Å²) in [4.78, 5) is 4.80. The highest BCUT2D eigenvalue weighted by Gasteiger charge is 2.35. The molecule has 0 saturated carbocycles. The second kappa shape index (κ2) is 7.49. The van der Waals surface area contributed by atoms with Gasteiger partial charge in [-0.3, -0.25) is 4.90 Å². The first-order chi connectivity index (χ1) is 10.7. The number of hydrogen-bond donors (Lipinski definition) is 0. The Balaban J connectivity index is 2.14. The van der Waals surface area contributed by atoms with Crippen LogP contribution in [0.3, 0.4) is 0 Å². The molecular formula is C16H26ClN3O2S. The number of likely N-dealkylation sites (N-methyl/N-ethyl adjacent to an activating group) is 1. The van der Waals surface area contributed by atoms with Gasteiger partial charge in [0.25, 0.3) is 0 Å². The van der Waals surface area contributed by atoms with Gasteiger partial charge in [0.1, 0.15) is 0 Å². The third kappa shape index (κ3) is 4.45. The first kappa shape index (κ1) is 18.7. The van der Waals surface area contributed by atoms with Gasteiger partial charge in [-0.25, -0.2) is 8.42 Å². The molecule has 1 fully saturated rings. The molecule has 1 aliphatic rings. The number of nitrogens with zero attached hydrogens (tertiary/aromatic N) is 3. The van der Waals surface area contributed by atoms with Crippen molar-refractivity contribution in [3.05, 3.63) is 29.3 Å². The summed E-state index contributed by atoms with van der Waals surface area (Å²) in [5, 5.41) is 0.441. The molecule has 7 heteroatoms. The van der Waals surface area contributed by atoms with Crippen molar-refractivity contribution in [3.63, 3.8) is 0 Å². The molecule has 2 atom stereocenters. The summed E-state index contributed by atoms with van der Waals surface area (Å²) in [6.07, 6.45) is 0. The average molecular weight is 360 g/mol. The molecule has 0 spiro atoms. The minimum Gasteiger partial charge on any atom is -0.308 e. The van der Waals surface area contributed by atoms with E-state index < -0.39 is 10.0 Å². The van der Waals surface area contributed by atoms with Crippen LogP contribution >= 0.6 is 11.6 Å². The van der Waals surface area contributed by atoms with Crippen LogP contribution in [0.2, 0.25) is 5.02 Å². The van der Waals surface area contributed by atoms with E-state index in [1.807, 2.05) is 0 Å². The molecular weight excluding hydrogens is 334 g/mol. The molecule has 0 radical (unpaired) electrons. The van der Waals surface area contributed by atoms with Crippen LogP contribution in [0.5, 0.6) is 0 Å². The normalized spacial score (nSPS) is 24.3. The van der Waals surface area contributed by atoms with Crippen molar-refractivity contribution in [2.24, 2.45) is 0 Å². The summed E-state index contributed by atoms with van der Waals surface area (Å²) < 4.78 is 27.3. The number of sulfonamides is 1. The summed E-state index contributed by atoms with van der Waals surface area (Å²) in [5.74, 6) is 0. The van der Waals surface area contributed by atoms with Crippen LogP contribution in [0.4, 0.5) is 0 Å². The van der Waals surface area contributed by atoms with Crippen molar-refractivity contribution in [1.29, 1.82) is 0 Å². The van der Waals surface area contributed by atoms with E-state index in [9.17, 15) is 8.42 Å². The second-order valence-corrected chi connectivity index (χ2v) is 8.89. The summed E-state index contributed by atoms with van der Waals surface area (Å²) in [7, 11) is 0.608. The van der Waals surface area contributed by atoms with Crippen molar-refractivity contribution >= 4 is 21.6 Å². The lowest BCUT2D eigenvalue weighted by atomic mass is 10.1. The second-order valence-electron chi connectivity index (χ2n) is 6.52. The molecule has 2 unspecified atom stereocenters. The monoisotopic (exact) mass is 359 g/mol.